The summed E-state index contributed by atoms with van der Waals surface area (Å²) < 4.78 is 0. The van der Waals surface area contributed by atoms with Gasteiger partial charge in [-0.15, -0.1) is 0 Å². The van der Waals surface area contributed by atoms with Crippen LogP contribution in [0.1, 0.15) is 19.8 Å². The Morgan fingerprint density at radius 2 is 1.61 bits per heavy atom. The molecule has 0 aromatic carbocycles. The first-order chi connectivity index (χ1) is 8.70. The van der Waals surface area contributed by atoms with Gasteiger partial charge < -0.3 is 15.5 Å². The summed E-state index contributed by atoms with van der Waals surface area (Å²) in [6, 6.07) is 0.249. The number of carbonyl (C=O) groups excluding carboxylic acids is 1. The van der Waals surface area contributed by atoms with Gasteiger partial charge >= 0.3 is 6.03 Å². The minimum Gasteiger partial charge on any atom is -0.330 e. The molecule has 2 aliphatic rings. The number of nitrogens with zero attached hydrogens (tertiary/aromatic N) is 3. The highest BCUT2D eigenvalue weighted by Gasteiger charge is 2.26. The molecule has 5 nitrogen and oxygen atoms in total. The molecule has 2 heterocycles. The lowest BCUT2D eigenvalue weighted by Gasteiger charge is -2.37. The number of likely N-dealkylation sites (tertiary alicyclic amines) is 1. The molecular formula is C13H26N4O. The van der Waals surface area contributed by atoms with Crippen molar-refractivity contribution in [2.45, 2.75) is 19.8 Å². The predicted molar refractivity (Wildman–Crippen MR) is 72.4 cm³/mol. The molecule has 0 radical (unpaired) electrons. The zero-order valence-corrected chi connectivity index (χ0v) is 11.5. The van der Waals surface area contributed by atoms with Crippen LogP contribution >= 0.6 is 0 Å². The Kier molecular flexibility index (Phi) is 4.83. The largest absolute Gasteiger partial charge is 0.330 e. The van der Waals surface area contributed by atoms with E-state index in [1.807, 2.05) is 9.80 Å². The van der Waals surface area contributed by atoms with E-state index in [0.717, 1.165) is 52.4 Å². The van der Waals surface area contributed by atoms with E-state index in [0.29, 0.717) is 5.92 Å². The second-order valence-electron chi connectivity index (χ2n) is 5.61. The van der Waals surface area contributed by atoms with E-state index >= 15 is 0 Å². The van der Waals surface area contributed by atoms with Crippen molar-refractivity contribution in [3.63, 3.8) is 0 Å². The molecule has 0 aromatic rings. The van der Waals surface area contributed by atoms with Crippen LogP contribution in [0.4, 0.5) is 4.79 Å². The van der Waals surface area contributed by atoms with Crippen LogP contribution in [0, 0.1) is 5.92 Å². The third-order valence-electron chi connectivity index (χ3n) is 3.99. The monoisotopic (exact) mass is 254 g/mol. The summed E-state index contributed by atoms with van der Waals surface area (Å²) in [6.07, 6.45) is 2.33. The van der Waals surface area contributed by atoms with Gasteiger partial charge in [0.05, 0.1) is 0 Å². The zero-order valence-electron chi connectivity index (χ0n) is 11.5. The fourth-order valence-electron chi connectivity index (χ4n) is 2.75. The standard InChI is InChI=1S/C13H26N4O/c1-12(10-14)11-15-6-8-17(9-7-15)13(18)16-4-2-3-5-16/h12H,2-11,14H2,1H3. The fraction of sp³-hybridized carbons (Fsp3) is 0.923. The van der Waals surface area contributed by atoms with Crippen LogP contribution in [0.2, 0.25) is 0 Å². The van der Waals surface area contributed by atoms with Crippen LogP contribution < -0.4 is 5.73 Å². The zero-order chi connectivity index (χ0) is 13.0. The lowest BCUT2D eigenvalue weighted by molar-refractivity contribution is 0.111. The Morgan fingerprint density at radius 1 is 1.06 bits per heavy atom. The highest BCUT2D eigenvalue weighted by atomic mass is 16.2. The number of carbonyl (C=O) groups is 1. The molecule has 1 unspecified atom stereocenters. The minimum absolute atomic E-state index is 0.249. The third kappa shape index (κ3) is 3.36. The summed E-state index contributed by atoms with van der Waals surface area (Å²) in [7, 11) is 0. The maximum atomic E-state index is 12.2. The molecule has 0 aliphatic carbocycles. The molecule has 2 rings (SSSR count). The van der Waals surface area contributed by atoms with E-state index in [4.69, 9.17) is 5.73 Å². The van der Waals surface area contributed by atoms with Gasteiger partial charge in [0, 0.05) is 45.8 Å². The molecule has 0 bridgehead atoms. The van der Waals surface area contributed by atoms with Crippen molar-refractivity contribution in [3.05, 3.63) is 0 Å². The van der Waals surface area contributed by atoms with Crippen molar-refractivity contribution in [2.75, 3.05) is 52.4 Å². The van der Waals surface area contributed by atoms with E-state index in [1.165, 1.54) is 12.8 Å². The van der Waals surface area contributed by atoms with Crippen molar-refractivity contribution in [2.24, 2.45) is 11.7 Å². The van der Waals surface area contributed by atoms with Gasteiger partial charge in [0.2, 0.25) is 0 Å². The summed E-state index contributed by atoms with van der Waals surface area (Å²) in [5.74, 6) is 0.547. The smallest absolute Gasteiger partial charge is 0.320 e. The van der Waals surface area contributed by atoms with Gasteiger partial charge in [-0.25, -0.2) is 4.79 Å². The molecule has 18 heavy (non-hydrogen) atoms. The summed E-state index contributed by atoms with van der Waals surface area (Å²) in [4.78, 5) is 18.6. The molecule has 104 valence electrons. The average Bonchev–Trinajstić information content (AvgIpc) is 2.92. The average molecular weight is 254 g/mol. The number of rotatable bonds is 3. The molecule has 2 saturated heterocycles. The number of piperazine rings is 1. The van der Waals surface area contributed by atoms with Gasteiger partial charge in [-0.3, -0.25) is 4.90 Å². The first-order valence-electron chi connectivity index (χ1n) is 7.17. The lowest BCUT2D eigenvalue weighted by atomic mass is 10.1. The van der Waals surface area contributed by atoms with E-state index in [-0.39, 0.29) is 6.03 Å². The Morgan fingerprint density at radius 3 is 2.17 bits per heavy atom. The molecule has 2 N–H and O–H groups in total. The van der Waals surface area contributed by atoms with E-state index in [9.17, 15) is 4.79 Å². The lowest BCUT2D eigenvalue weighted by Crippen LogP contribution is -2.53. The van der Waals surface area contributed by atoms with Gasteiger partial charge in [-0.1, -0.05) is 6.92 Å². The second-order valence-corrected chi connectivity index (χ2v) is 5.61. The second kappa shape index (κ2) is 6.38. The first kappa shape index (κ1) is 13.6. The minimum atomic E-state index is 0.249. The topological polar surface area (TPSA) is 52.8 Å². The third-order valence-corrected chi connectivity index (χ3v) is 3.99. The van der Waals surface area contributed by atoms with E-state index in [1.54, 1.807) is 0 Å². The molecule has 2 fully saturated rings. The molecule has 5 heteroatoms. The molecule has 2 amide bonds. The summed E-state index contributed by atoms with van der Waals surface area (Å²) in [5, 5.41) is 0. The molecular weight excluding hydrogens is 228 g/mol. The summed E-state index contributed by atoms with van der Waals surface area (Å²) in [6.45, 7) is 9.59. The molecule has 2 aliphatic heterocycles. The maximum Gasteiger partial charge on any atom is 0.320 e. The van der Waals surface area contributed by atoms with Crippen molar-refractivity contribution < 1.29 is 4.79 Å². The van der Waals surface area contributed by atoms with Gasteiger partial charge in [-0.2, -0.15) is 0 Å². The molecule has 1 atom stereocenters. The van der Waals surface area contributed by atoms with E-state index < -0.39 is 0 Å². The van der Waals surface area contributed by atoms with Crippen LogP contribution in [-0.4, -0.2) is 73.1 Å². The quantitative estimate of drug-likeness (QED) is 0.794. The predicted octanol–water partition coefficient (Wildman–Crippen LogP) is 0.415. The van der Waals surface area contributed by atoms with Gasteiger partial charge in [0.1, 0.15) is 0 Å². The van der Waals surface area contributed by atoms with Gasteiger partial charge in [0.25, 0.3) is 0 Å². The number of hydrogen-bond donors (Lipinski definition) is 1. The normalized spacial score (nSPS) is 23.4. The Balaban J connectivity index is 1.74. The number of urea groups is 1. The number of nitrogens with two attached hydrogens (primary N) is 1. The van der Waals surface area contributed by atoms with Crippen LogP contribution in [0.15, 0.2) is 0 Å². The Bertz CT molecular complexity index is 270. The van der Waals surface area contributed by atoms with Crippen molar-refractivity contribution in [3.8, 4) is 0 Å². The molecule has 0 aromatic heterocycles. The van der Waals surface area contributed by atoms with Crippen molar-refractivity contribution >= 4 is 6.03 Å². The highest BCUT2D eigenvalue weighted by molar-refractivity contribution is 5.74. The van der Waals surface area contributed by atoms with Gasteiger partial charge in [0.15, 0.2) is 0 Å². The van der Waals surface area contributed by atoms with Crippen LogP contribution in [-0.2, 0) is 0 Å². The summed E-state index contributed by atoms with van der Waals surface area (Å²) >= 11 is 0. The van der Waals surface area contributed by atoms with Crippen molar-refractivity contribution in [1.82, 2.24) is 14.7 Å². The van der Waals surface area contributed by atoms with Crippen LogP contribution in [0.25, 0.3) is 0 Å². The SMILES string of the molecule is CC(CN)CN1CCN(C(=O)N2CCCC2)CC1. The van der Waals surface area contributed by atoms with Crippen LogP contribution in [0.3, 0.4) is 0 Å². The molecule has 0 spiro atoms. The maximum absolute atomic E-state index is 12.2. The molecule has 0 saturated carbocycles. The summed E-state index contributed by atoms with van der Waals surface area (Å²) in [5.41, 5.74) is 5.65. The first-order valence-corrected chi connectivity index (χ1v) is 7.17. The Labute approximate surface area is 110 Å². The van der Waals surface area contributed by atoms with Crippen molar-refractivity contribution in [1.29, 1.82) is 0 Å². The number of amides is 2. The van der Waals surface area contributed by atoms with E-state index in [2.05, 4.69) is 11.8 Å². The Hall–Kier alpha value is -0.810. The van der Waals surface area contributed by atoms with Gasteiger partial charge in [-0.05, 0) is 25.3 Å². The van der Waals surface area contributed by atoms with Crippen LogP contribution in [0.5, 0.6) is 0 Å². The highest BCUT2D eigenvalue weighted by Crippen LogP contribution is 2.13. The fourth-order valence-corrected chi connectivity index (χ4v) is 2.75. The number of hydrogen-bond acceptors (Lipinski definition) is 3.